The van der Waals surface area contributed by atoms with Crippen LogP contribution in [0.4, 0.5) is 0 Å². The second-order valence-electron chi connectivity index (χ2n) is 3.35. The Labute approximate surface area is 55.5 Å². The van der Waals surface area contributed by atoms with Crippen LogP contribution in [0.5, 0.6) is 0 Å². The van der Waals surface area contributed by atoms with Crippen LogP contribution in [-0.2, 0) is 0 Å². The minimum atomic E-state index is 0.233. The smallest absolute Gasteiger partial charge is 0.118 e. The highest BCUT2D eigenvalue weighted by Crippen LogP contribution is 2.17. The van der Waals surface area contributed by atoms with Crippen LogP contribution in [-0.4, -0.2) is 12.5 Å². The van der Waals surface area contributed by atoms with E-state index in [0.717, 1.165) is 0 Å². The maximum Gasteiger partial charge on any atom is 0.118 e. The first-order valence-corrected chi connectivity index (χ1v) is 3.14. The van der Waals surface area contributed by atoms with Gasteiger partial charge in [-0.05, 0) is 0 Å². The first kappa shape index (κ1) is 6.39. The molecule has 2 N–H and O–H groups in total. The minimum Gasteiger partial charge on any atom is -0.353 e. The van der Waals surface area contributed by atoms with Gasteiger partial charge in [0.1, 0.15) is 12.5 Å². The van der Waals surface area contributed by atoms with Crippen LogP contribution in [0.1, 0.15) is 20.8 Å². The standard InChI is InChI=1S/C6H13N3/c1-6(2,3)5-7-4-8-9-5/h4-5,9H,1-3H3,(H,7,8). The van der Waals surface area contributed by atoms with E-state index in [2.05, 4.69) is 36.6 Å². The Balaban J connectivity index is 2.46. The average molecular weight is 127 g/mol. The molecule has 0 aromatic rings. The Morgan fingerprint density at radius 1 is 1.44 bits per heavy atom. The number of nitrogens with zero attached hydrogens (tertiary/aromatic N) is 1. The number of hydrazone groups is 1. The zero-order chi connectivity index (χ0) is 6.91. The third-order valence-electron chi connectivity index (χ3n) is 1.38. The fourth-order valence-corrected chi connectivity index (χ4v) is 0.705. The molecule has 3 heteroatoms. The third kappa shape index (κ3) is 1.34. The van der Waals surface area contributed by atoms with E-state index in [4.69, 9.17) is 0 Å². The monoisotopic (exact) mass is 127 g/mol. The van der Waals surface area contributed by atoms with Crippen molar-refractivity contribution >= 4 is 6.34 Å². The summed E-state index contributed by atoms with van der Waals surface area (Å²) >= 11 is 0. The molecule has 0 radical (unpaired) electrons. The molecule has 1 aliphatic heterocycles. The molecule has 1 heterocycles. The lowest BCUT2D eigenvalue weighted by Crippen LogP contribution is -2.43. The molecule has 52 valence electrons. The zero-order valence-corrected chi connectivity index (χ0v) is 6.10. The quantitative estimate of drug-likeness (QED) is 0.497. The summed E-state index contributed by atoms with van der Waals surface area (Å²) in [6.45, 7) is 6.48. The van der Waals surface area contributed by atoms with E-state index in [-0.39, 0.29) is 11.6 Å². The molecular weight excluding hydrogens is 114 g/mol. The summed E-state index contributed by atoms with van der Waals surface area (Å²) in [5.74, 6) is 0. The largest absolute Gasteiger partial charge is 0.353 e. The lowest BCUT2D eigenvalue weighted by atomic mass is 9.93. The maximum atomic E-state index is 3.85. The summed E-state index contributed by atoms with van der Waals surface area (Å²) in [4.78, 5) is 0. The van der Waals surface area contributed by atoms with E-state index in [9.17, 15) is 0 Å². The van der Waals surface area contributed by atoms with Crippen molar-refractivity contribution < 1.29 is 0 Å². The van der Waals surface area contributed by atoms with Gasteiger partial charge in [-0.15, -0.1) is 0 Å². The molecule has 0 aromatic heterocycles. The van der Waals surface area contributed by atoms with Crippen molar-refractivity contribution in [3.63, 3.8) is 0 Å². The molecule has 0 fully saturated rings. The van der Waals surface area contributed by atoms with Gasteiger partial charge in [0.2, 0.25) is 0 Å². The van der Waals surface area contributed by atoms with Crippen molar-refractivity contribution in [2.24, 2.45) is 10.5 Å². The van der Waals surface area contributed by atoms with Gasteiger partial charge < -0.3 is 5.32 Å². The fraction of sp³-hybridized carbons (Fsp3) is 0.833. The SMILES string of the molecule is CC(C)(C)C1NC=NN1. The van der Waals surface area contributed by atoms with E-state index in [1.54, 1.807) is 6.34 Å². The third-order valence-corrected chi connectivity index (χ3v) is 1.38. The van der Waals surface area contributed by atoms with Gasteiger partial charge in [-0.3, -0.25) is 5.43 Å². The highest BCUT2D eigenvalue weighted by atomic mass is 15.4. The predicted molar refractivity (Wildman–Crippen MR) is 38.0 cm³/mol. The molecule has 0 aromatic carbocycles. The van der Waals surface area contributed by atoms with Gasteiger partial charge in [0, 0.05) is 5.41 Å². The summed E-state index contributed by atoms with van der Waals surface area (Å²) in [6.07, 6.45) is 1.98. The Hall–Kier alpha value is -0.730. The first-order valence-electron chi connectivity index (χ1n) is 3.14. The molecule has 1 rings (SSSR count). The van der Waals surface area contributed by atoms with Crippen molar-refractivity contribution in [3.05, 3.63) is 0 Å². The molecule has 1 aliphatic rings. The van der Waals surface area contributed by atoms with E-state index in [1.807, 2.05) is 0 Å². The Bertz CT molecular complexity index is 115. The van der Waals surface area contributed by atoms with Gasteiger partial charge in [-0.1, -0.05) is 20.8 Å². The highest BCUT2D eigenvalue weighted by molar-refractivity contribution is 5.56. The molecular formula is C6H13N3. The number of rotatable bonds is 0. The van der Waals surface area contributed by atoms with Crippen LogP contribution in [0, 0.1) is 5.41 Å². The van der Waals surface area contributed by atoms with Crippen molar-refractivity contribution in [3.8, 4) is 0 Å². The lowest BCUT2D eigenvalue weighted by molar-refractivity contribution is 0.271. The van der Waals surface area contributed by atoms with E-state index in [1.165, 1.54) is 0 Å². The van der Waals surface area contributed by atoms with Crippen molar-refractivity contribution in [2.75, 3.05) is 0 Å². The molecule has 0 aliphatic carbocycles. The lowest BCUT2D eigenvalue weighted by Gasteiger charge is -2.25. The highest BCUT2D eigenvalue weighted by Gasteiger charge is 2.24. The molecule has 9 heavy (non-hydrogen) atoms. The van der Waals surface area contributed by atoms with Crippen molar-refractivity contribution in [2.45, 2.75) is 26.9 Å². The van der Waals surface area contributed by atoms with Gasteiger partial charge in [0.15, 0.2) is 0 Å². The van der Waals surface area contributed by atoms with Crippen LogP contribution in [0.25, 0.3) is 0 Å². The number of hydrogen-bond acceptors (Lipinski definition) is 3. The molecule has 0 bridgehead atoms. The second kappa shape index (κ2) is 1.90. The molecule has 3 nitrogen and oxygen atoms in total. The van der Waals surface area contributed by atoms with Gasteiger partial charge in [0.25, 0.3) is 0 Å². The van der Waals surface area contributed by atoms with Gasteiger partial charge in [-0.25, -0.2) is 0 Å². The Morgan fingerprint density at radius 3 is 2.33 bits per heavy atom. The zero-order valence-electron chi connectivity index (χ0n) is 6.10. The Kier molecular flexibility index (Phi) is 1.35. The second-order valence-corrected chi connectivity index (χ2v) is 3.35. The normalized spacial score (nSPS) is 25.4. The van der Waals surface area contributed by atoms with E-state index >= 15 is 0 Å². The van der Waals surface area contributed by atoms with E-state index < -0.39 is 0 Å². The van der Waals surface area contributed by atoms with Crippen LogP contribution < -0.4 is 10.7 Å². The number of hydrogen-bond donors (Lipinski definition) is 2. The summed E-state index contributed by atoms with van der Waals surface area (Å²) in [5, 5.41) is 6.94. The molecule has 0 saturated carbocycles. The predicted octanol–water partition coefficient (Wildman–Crippen LogP) is 0.495. The van der Waals surface area contributed by atoms with Crippen LogP contribution in [0.3, 0.4) is 0 Å². The van der Waals surface area contributed by atoms with Crippen LogP contribution >= 0.6 is 0 Å². The topological polar surface area (TPSA) is 36.4 Å². The summed E-state index contributed by atoms with van der Waals surface area (Å²) < 4.78 is 0. The molecule has 1 atom stereocenters. The van der Waals surface area contributed by atoms with Gasteiger partial charge in [0.05, 0.1) is 0 Å². The Morgan fingerprint density at radius 2 is 2.11 bits per heavy atom. The molecule has 0 saturated heterocycles. The first-order chi connectivity index (χ1) is 4.11. The van der Waals surface area contributed by atoms with Crippen molar-refractivity contribution in [1.82, 2.24) is 10.7 Å². The summed E-state index contributed by atoms with van der Waals surface area (Å²) in [6, 6.07) is 0. The molecule has 1 unspecified atom stereocenters. The minimum absolute atomic E-state index is 0.233. The van der Waals surface area contributed by atoms with E-state index in [0.29, 0.717) is 0 Å². The molecule has 0 amide bonds. The average Bonchev–Trinajstić information content (AvgIpc) is 2.08. The van der Waals surface area contributed by atoms with Crippen molar-refractivity contribution in [1.29, 1.82) is 0 Å². The van der Waals surface area contributed by atoms with Crippen LogP contribution in [0.2, 0.25) is 0 Å². The summed E-state index contributed by atoms with van der Waals surface area (Å²) in [5.41, 5.74) is 3.19. The maximum absolute atomic E-state index is 3.85. The summed E-state index contributed by atoms with van der Waals surface area (Å²) in [7, 11) is 0. The number of nitrogens with one attached hydrogen (secondary N) is 2. The van der Waals surface area contributed by atoms with Gasteiger partial charge in [-0.2, -0.15) is 5.10 Å². The molecule has 0 spiro atoms. The van der Waals surface area contributed by atoms with Crippen LogP contribution in [0.15, 0.2) is 5.10 Å². The van der Waals surface area contributed by atoms with Gasteiger partial charge >= 0.3 is 0 Å². The fourth-order valence-electron chi connectivity index (χ4n) is 0.705.